The van der Waals surface area contributed by atoms with Crippen LogP contribution in [0.3, 0.4) is 0 Å². The lowest BCUT2D eigenvalue weighted by Crippen LogP contribution is -2.34. The van der Waals surface area contributed by atoms with Gasteiger partial charge in [0.1, 0.15) is 0 Å². The molecule has 8 heteroatoms. The van der Waals surface area contributed by atoms with E-state index in [1.165, 1.54) is 18.2 Å². The zero-order valence-corrected chi connectivity index (χ0v) is 16.5. The van der Waals surface area contributed by atoms with Gasteiger partial charge in [-0.25, -0.2) is 0 Å². The van der Waals surface area contributed by atoms with Crippen molar-refractivity contribution < 1.29 is 22.8 Å². The van der Waals surface area contributed by atoms with Crippen LogP contribution in [0.15, 0.2) is 46.9 Å². The maximum atomic E-state index is 13.1. The molecule has 2 unspecified atom stereocenters. The molecule has 0 aliphatic heterocycles. The van der Waals surface area contributed by atoms with E-state index in [9.17, 15) is 22.8 Å². The van der Waals surface area contributed by atoms with Gasteiger partial charge in [0.25, 0.3) is 0 Å². The first-order valence-electron chi connectivity index (χ1n) is 8.66. The average Bonchev–Trinajstić information content (AvgIpc) is 3.42. The Balaban J connectivity index is 1.55. The van der Waals surface area contributed by atoms with Gasteiger partial charge in [-0.1, -0.05) is 34.1 Å². The highest BCUT2D eigenvalue weighted by atomic mass is 79.9. The molecule has 2 aromatic rings. The summed E-state index contributed by atoms with van der Waals surface area (Å²) in [4.78, 5) is 24.3. The lowest BCUT2D eigenvalue weighted by molar-refractivity contribution is -0.138. The smallest absolute Gasteiger partial charge is 0.347 e. The molecular weight excluding hydrogens is 437 g/mol. The summed E-state index contributed by atoms with van der Waals surface area (Å²) in [5, 5.41) is 5.21. The summed E-state index contributed by atoms with van der Waals surface area (Å²) in [6, 6.07) is 10.7. The molecule has 0 radical (unpaired) electrons. The summed E-state index contributed by atoms with van der Waals surface area (Å²) in [6.45, 7) is 1.60. The second-order valence-corrected chi connectivity index (χ2v) is 7.67. The Labute approximate surface area is 168 Å². The van der Waals surface area contributed by atoms with Crippen molar-refractivity contribution in [2.45, 2.75) is 25.4 Å². The van der Waals surface area contributed by atoms with E-state index in [1.54, 1.807) is 12.1 Å². The Kier molecular flexibility index (Phi) is 5.79. The normalized spacial score (nSPS) is 18.5. The van der Waals surface area contributed by atoms with E-state index < -0.39 is 35.4 Å². The molecule has 0 aromatic heterocycles. The molecule has 2 aromatic carbocycles. The van der Waals surface area contributed by atoms with Crippen molar-refractivity contribution in [3.63, 3.8) is 0 Å². The Morgan fingerprint density at radius 3 is 2.57 bits per heavy atom. The fourth-order valence-electron chi connectivity index (χ4n) is 3.17. The average molecular weight is 455 g/mol. The van der Waals surface area contributed by atoms with E-state index in [2.05, 4.69) is 26.6 Å². The Morgan fingerprint density at radius 1 is 1.18 bits per heavy atom. The van der Waals surface area contributed by atoms with Crippen molar-refractivity contribution >= 4 is 33.4 Å². The van der Waals surface area contributed by atoms with E-state index in [0.717, 1.165) is 16.1 Å². The zero-order valence-electron chi connectivity index (χ0n) is 14.9. The van der Waals surface area contributed by atoms with Crippen molar-refractivity contribution in [2.24, 2.45) is 5.92 Å². The number of amides is 2. The largest absolute Gasteiger partial charge is 0.416 e. The number of alkyl halides is 3. The van der Waals surface area contributed by atoms with Crippen LogP contribution in [0.1, 0.15) is 29.0 Å². The highest BCUT2D eigenvalue weighted by Gasteiger charge is 2.47. The van der Waals surface area contributed by atoms with Gasteiger partial charge < -0.3 is 10.6 Å². The first kappa shape index (κ1) is 20.4. The molecule has 0 heterocycles. The highest BCUT2D eigenvalue weighted by molar-refractivity contribution is 9.10. The van der Waals surface area contributed by atoms with E-state index in [0.29, 0.717) is 12.1 Å². The van der Waals surface area contributed by atoms with E-state index in [4.69, 9.17) is 0 Å². The van der Waals surface area contributed by atoms with Crippen molar-refractivity contribution in [1.29, 1.82) is 0 Å². The van der Waals surface area contributed by atoms with E-state index in [-0.39, 0.29) is 12.1 Å². The number of halogens is 4. The summed E-state index contributed by atoms with van der Waals surface area (Å²) in [7, 11) is 0. The summed E-state index contributed by atoms with van der Waals surface area (Å²) in [5.41, 5.74) is 0.912. The van der Waals surface area contributed by atoms with Gasteiger partial charge in [-0.15, -0.1) is 0 Å². The molecule has 0 saturated heterocycles. The summed E-state index contributed by atoms with van der Waals surface area (Å²) >= 11 is 3.34. The van der Waals surface area contributed by atoms with Gasteiger partial charge >= 0.3 is 6.18 Å². The number of benzene rings is 2. The number of carbonyl (C=O) groups excluding carboxylic acids is 2. The molecule has 28 heavy (non-hydrogen) atoms. The zero-order chi connectivity index (χ0) is 20.5. The minimum Gasteiger partial charge on any atom is -0.347 e. The molecule has 1 saturated carbocycles. The molecule has 3 rings (SSSR count). The number of carbonyl (C=O) groups is 2. The molecule has 0 spiro atoms. The second kappa shape index (κ2) is 7.95. The third-order valence-electron chi connectivity index (χ3n) is 4.68. The van der Waals surface area contributed by atoms with Gasteiger partial charge in [0.2, 0.25) is 11.8 Å². The monoisotopic (exact) mass is 454 g/mol. The Bertz CT molecular complexity index is 915. The van der Waals surface area contributed by atoms with Gasteiger partial charge in [-0.3, -0.25) is 9.59 Å². The molecule has 148 valence electrons. The molecule has 1 aliphatic rings. The third kappa shape index (κ3) is 4.73. The molecule has 2 amide bonds. The van der Waals surface area contributed by atoms with Crippen molar-refractivity contribution in [3.05, 3.63) is 63.6 Å². The third-order valence-corrected chi connectivity index (χ3v) is 5.17. The predicted octanol–water partition coefficient (Wildman–Crippen LogP) is 4.63. The van der Waals surface area contributed by atoms with Crippen LogP contribution in [0.4, 0.5) is 18.9 Å². The summed E-state index contributed by atoms with van der Waals surface area (Å²) < 4.78 is 40.3. The van der Waals surface area contributed by atoms with E-state index in [1.807, 2.05) is 13.0 Å². The van der Waals surface area contributed by atoms with Crippen LogP contribution in [-0.2, 0) is 15.8 Å². The van der Waals surface area contributed by atoms with Gasteiger partial charge in [0.05, 0.1) is 12.1 Å². The topological polar surface area (TPSA) is 58.2 Å². The van der Waals surface area contributed by atoms with Crippen LogP contribution in [0.2, 0.25) is 0 Å². The van der Waals surface area contributed by atoms with Crippen LogP contribution in [0, 0.1) is 12.8 Å². The van der Waals surface area contributed by atoms with Crippen molar-refractivity contribution in [2.75, 3.05) is 11.9 Å². The molecule has 4 nitrogen and oxygen atoms in total. The first-order chi connectivity index (χ1) is 13.2. The Hall–Kier alpha value is -2.35. The van der Waals surface area contributed by atoms with Gasteiger partial charge in [0.15, 0.2) is 0 Å². The number of anilines is 1. The molecule has 1 aliphatic carbocycles. The standard InChI is InChI=1S/C20H18BrF3N2O2/c1-11-8-12(21)6-7-17(11)26-18(27)10-25-19(28)15-9-14(15)13-4-2-3-5-16(13)20(22,23)24/h2-8,14-15H,9-10H2,1H3,(H,25,28)(H,26,27). The van der Waals surface area contributed by atoms with Crippen molar-refractivity contribution in [1.82, 2.24) is 5.32 Å². The van der Waals surface area contributed by atoms with Crippen molar-refractivity contribution in [3.8, 4) is 0 Å². The number of hydrogen-bond donors (Lipinski definition) is 2. The van der Waals surface area contributed by atoms with E-state index >= 15 is 0 Å². The molecular formula is C20H18BrF3N2O2. The summed E-state index contributed by atoms with van der Waals surface area (Å²) in [5.74, 6) is -1.84. The maximum absolute atomic E-state index is 13.1. The lowest BCUT2D eigenvalue weighted by Gasteiger charge is -2.12. The van der Waals surface area contributed by atoms with Gasteiger partial charge in [-0.05, 0) is 54.7 Å². The van der Waals surface area contributed by atoms with Crippen LogP contribution in [0.5, 0.6) is 0 Å². The van der Waals surface area contributed by atoms with Crippen LogP contribution < -0.4 is 10.6 Å². The number of rotatable bonds is 5. The highest BCUT2D eigenvalue weighted by Crippen LogP contribution is 2.51. The number of aryl methyl sites for hydroxylation is 1. The number of nitrogens with one attached hydrogen (secondary N) is 2. The van der Waals surface area contributed by atoms with Gasteiger partial charge in [0, 0.05) is 16.1 Å². The Morgan fingerprint density at radius 2 is 1.89 bits per heavy atom. The first-order valence-corrected chi connectivity index (χ1v) is 9.46. The minimum atomic E-state index is -4.46. The fourth-order valence-corrected chi connectivity index (χ4v) is 3.64. The number of hydrogen-bond acceptors (Lipinski definition) is 2. The lowest BCUT2D eigenvalue weighted by atomic mass is 10.0. The fraction of sp³-hybridized carbons (Fsp3) is 0.300. The molecule has 2 N–H and O–H groups in total. The minimum absolute atomic E-state index is 0.130. The molecule has 0 bridgehead atoms. The summed E-state index contributed by atoms with van der Waals surface area (Å²) in [6.07, 6.45) is -4.12. The molecule has 1 fully saturated rings. The van der Waals surface area contributed by atoms with Crippen LogP contribution in [-0.4, -0.2) is 18.4 Å². The quantitative estimate of drug-likeness (QED) is 0.691. The second-order valence-electron chi connectivity index (χ2n) is 6.76. The maximum Gasteiger partial charge on any atom is 0.416 e. The van der Waals surface area contributed by atoms with Crippen LogP contribution >= 0.6 is 15.9 Å². The van der Waals surface area contributed by atoms with Crippen LogP contribution in [0.25, 0.3) is 0 Å². The SMILES string of the molecule is Cc1cc(Br)ccc1NC(=O)CNC(=O)C1CC1c1ccccc1C(F)(F)F. The molecule has 2 atom stereocenters. The van der Waals surface area contributed by atoms with Gasteiger partial charge in [-0.2, -0.15) is 13.2 Å². The predicted molar refractivity (Wildman–Crippen MR) is 103 cm³/mol.